The first-order chi connectivity index (χ1) is 14.0. The zero-order valence-corrected chi connectivity index (χ0v) is 16.4. The maximum Gasteiger partial charge on any atom is 0.352 e. The van der Waals surface area contributed by atoms with E-state index in [1.165, 1.54) is 4.40 Å². The second-order valence-corrected chi connectivity index (χ2v) is 6.96. The molecule has 2 aromatic carbocycles. The lowest BCUT2D eigenvalue weighted by Gasteiger charge is -2.06. The molecule has 1 N–H and O–H groups in total. The first-order valence-corrected chi connectivity index (χ1v) is 9.43. The van der Waals surface area contributed by atoms with Gasteiger partial charge in [0, 0.05) is 23.2 Å². The second kappa shape index (κ2) is 7.89. The van der Waals surface area contributed by atoms with Crippen LogP contribution in [0.4, 0.5) is 0 Å². The highest BCUT2D eigenvalue weighted by Crippen LogP contribution is 2.18. The minimum atomic E-state index is -0.405. The summed E-state index contributed by atoms with van der Waals surface area (Å²) in [7, 11) is 0. The molecule has 0 aliphatic rings. The Bertz CT molecular complexity index is 1250. The molecule has 0 unspecified atom stereocenters. The highest BCUT2D eigenvalue weighted by molar-refractivity contribution is 6.31. The highest BCUT2D eigenvalue weighted by Gasteiger charge is 2.14. The maximum atomic E-state index is 12.7. The molecule has 2 aromatic heterocycles. The number of hydrogen-bond donors (Lipinski definition) is 1. The summed E-state index contributed by atoms with van der Waals surface area (Å²) < 4.78 is 2.54. The van der Waals surface area contributed by atoms with Gasteiger partial charge in [0.2, 0.25) is 5.91 Å². The monoisotopic (exact) mass is 407 g/mol. The predicted octanol–water partition coefficient (Wildman–Crippen LogP) is 2.84. The third-order valence-electron chi connectivity index (χ3n) is 4.53. The average Bonchev–Trinajstić information content (AvgIpc) is 3.03. The second-order valence-electron chi connectivity index (χ2n) is 6.56. The number of hydrogen-bond acceptors (Lipinski definition) is 4. The fourth-order valence-electron chi connectivity index (χ4n) is 3.09. The number of rotatable bonds is 5. The van der Waals surface area contributed by atoms with Crippen molar-refractivity contribution in [2.24, 2.45) is 0 Å². The number of carbonyl (C=O) groups is 1. The molecule has 0 aliphatic heterocycles. The van der Waals surface area contributed by atoms with Gasteiger partial charge in [0.25, 0.3) is 0 Å². The summed E-state index contributed by atoms with van der Waals surface area (Å²) in [5.74, 6) is 0.179. The molecule has 0 fully saturated rings. The summed E-state index contributed by atoms with van der Waals surface area (Å²) in [5, 5.41) is 7.65. The van der Waals surface area contributed by atoms with E-state index in [0.717, 1.165) is 21.5 Å². The molecule has 1 amide bonds. The van der Waals surface area contributed by atoms with Crippen LogP contribution in [0.3, 0.4) is 0 Å². The van der Waals surface area contributed by atoms with Gasteiger partial charge in [0.15, 0.2) is 5.65 Å². The lowest BCUT2D eigenvalue weighted by Crippen LogP contribution is -2.32. The van der Waals surface area contributed by atoms with Crippen LogP contribution >= 0.6 is 11.6 Å². The van der Waals surface area contributed by atoms with Crippen LogP contribution in [0, 0.1) is 6.92 Å². The standard InChI is InChI=1S/C21H18ClN5O2/c1-14-24-18(15-7-3-2-4-8-15)11-19-25-26(21(29)27(14)19)13-20(28)23-12-16-9-5-6-10-17(16)22/h2-11H,12-13H2,1H3,(H,23,28). The van der Waals surface area contributed by atoms with Gasteiger partial charge in [0.1, 0.15) is 12.4 Å². The summed E-state index contributed by atoms with van der Waals surface area (Å²) in [5.41, 5.74) is 2.49. The summed E-state index contributed by atoms with van der Waals surface area (Å²) >= 11 is 6.10. The summed E-state index contributed by atoms with van der Waals surface area (Å²) in [6.45, 7) is 1.83. The molecule has 0 atom stereocenters. The number of carbonyl (C=O) groups excluding carboxylic acids is 1. The van der Waals surface area contributed by atoms with Gasteiger partial charge in [0.05, 0.1) is 5.69 Å². The van der Waals surface area contributed by atoms with Gasteiger partial charge in [-0.2, -0.15) is 0 Å². The Morgan fingerprint density at radius 1 is 1.10 bits per heavy atom. The van der Waals surface area contributed by atoms with Crippen molar-refractivity contribution < 1.29 is 4.79 Å². The Balaban J connectivity index is 1.57. The molecule has 146 valence electrons. The Morgan fingerprint density at radius 3 is 2.59 bits per heavy atom. The number of benzene rings is 2. The summed E-state index contributed by atoms with van der Waals surface area (Å²) in [6.07, 6.45) is 0. The first-order valence-electron chi connectivity index (χ1n) is 9.05. The highest BCUT2D eigenvalue weighted by atomic mass is 35.5. The molecule has 4 aromatic rings. The molecule has 0 saturated heterocycles. The molecular weight excluding hydrogens is 390 g/mol. The average molecular weight is 408 g/mol. The van der Waals surface area contributed by atoms with E-state index < -0.39 is 5.69 Å². The molecule has 2 heterocycles. The number of halogens is 1. The van der Waals surface area contributed by atoms with E-state index >= 15 is 0 Å². The summed E-state index contributed by atoms with van der Waals surface area (Å²) in [4.78, 5) is 29.5. The zero-order valence-electron chi connectivity index (χ0n) is 15.7. The van der Waals surface area contributed by atoms with Crippen LogP contribution in [0.15, 0.2) is 65.5 Å². The molecule has 8 heteroatoms. The van der Waals surface area contributed by atoms with Crippen molar-refractivity contribution in [3.8, 4) is 11.3 Å². The fraction of sp³-hybridized carbons (Fsp3) is 0.143. The van der Waals surface area contributed by atoms with Crippen molar-refractivity contribution in [1.82, 2.24) is 24.5 Å². The molecule has 0 spiro atoms. The van der Waals surface area contributed by atoms with Crippen molar-refractivity contribution in [1.29, 1.82) is 0 Å². The van der Waals surface area contributed by atoms with Crippen LogP contribution in [0.25, 0.3) is 16.9 Å². The third kappa shape index (κ3) is 3.90. The van der Waals surface area contributed by atoms with Gasteiger partial charge < -0.3 is 5.32 Å². The molecule has 0 radical (unpaired) electrons. The van der Waals surface area contributed by atoms with Crippen LogP contribution in [-0.4, -0.2) is 25.1 Å². The van der Waals surface area contributed by atoms with E-state index in [2.05, 4.69) is 15.4 Å². The van der Waals surface area contributed by atoms with E-state index in [9.17, 15) is 9.59 Å². The molecule has 4 rings (SSSR count). The van der Waals surface area contributed by atoms with Gasteiger partial charge in [-0.15, -0.1) is 5.10 Å². The minimum absolute atomic E-state index is 0.189. The van der Waals surface area contributed by atoms with Crippen LogP contribution in [0.1, 0.15) is 11.4 Å². The van der Waals surface area contributed by atoms with Gasteiger partial charge >= 0.3 is 5.69 Å². The normalized spacial score (nSPS) is 11.0. The van der Waals surface area contributed by atoms with Crippen molar-refractivity contribution in [2.45, 2.75) is 20.0 Å². The van der Waals surface area contributed by atoms with Gasteiger partial charge in [-0.25, -0.2) is 18.9 Å². The fourth-order valence-corrected chi connectivity index (χ4v) is 3.29. The molecular formula is C21H18ClN5O2. The van der Waals surface area contributed by atoms with E-state index in [4.69, 9.17) is 11.6 Å². The topological polar surface area (TPSA) is 81.3 Å². The quantitative estimate of drug-likeness (QED) is 0.551. The van der Waals surface area contributed by atoms with Gasteiger partial charge in [-0.1, -0.05) is 60.1 Å². The van der Waals surface area contributed by atoms with Crippen LogP contribution in [0.2, 0.25) is 5.02 Å². The smallest absolute Gasteiger partial charge is 0.350 e. The van der Waals surface area contributed by atoms with E-state index in [0.29, 0.717) is 16.5 Å². The van der Waals surface area contributed by atoms with Crippen molar-refractivity contribution in [3.05, 3.63) is 87.6 Å². The van der Waals surface area contributed by atoms with Crippen molar-refractivity contribution in [3.63, 3.8) is 0 Å². The predicted molar refractivity (Wildman–Crippen MR) is 111 cm³/mol. The zero-order chi connectivity index (χ0) is 20.4. The first kappa shape index (κ1) is 18.9. The Hall–Kier alpha value is -3.45. The van der Waals surface area contributed by atoms with Gasteiger partial charge in [-0.05, 0) is 18.6 Å². The third-order valence-corrected chi connectivity index (χ3v) is 4.90. The number of nitrogens with zero attached hydrogens (tertiary/aromatic N) is 4. The molecule has 0 aliphatic carbocycles. The van der Waals surface area contributed by atoms with Crippen LogP contribution in [-0.2, 0) is 17.9 Å². The number of aromatic nitrogens is 4. The Morgan fingerprint density at radius 2 is 1.83 bits per heavy atom. The van der Waals surface area contributed by atoms with Gasteiger partial charge in [-0.3, -0.25) is 4.79 Å². The van der Waals surface area contributed by atoms with Crippen molar-refractivity contribution >= 4 is 23.2 Å². The van der Waals surface area contributed by atoms with Crippen molar-refractivity contribution in [2.75, 3.05) is 0 Å². The Labute approximate surface area is 171 Å². The number of amides is 1. The SMILES string of the molecule is Cc1nc(-c2ccccc2)cc2nn(CC(=O)NCc3ccccc3Cl)c(=O)n12. The number of aryl methyl sites for hydroxylation is 1. The lowest BCUT2D eigenvalue weighted by molar-refractivity contribution is -0.122. The molecule has 29 heavy (non-hydrogen) atoms. The Kier molecular flexibility index (Phi) is 5.14. The number of fused-ring (bicyclic) bond motifs is 1. The van der Waals surface area contributed by atoms with E-state index in [-0.39, 0.29) is 19.0 Å². The molecule has 7 nitrogen and oxygen atoms in total. The van der Waals surface area contributed by atoms with E-state index in [1.54, 1.807) is 19.1 Å². The largest absolute Gasteiger partial charge is 0.352 e. The van der Waals surface area contributed by atoms with Crippen LogP contribution in [0.5, 0.6) is 0 Å². The maximum absolute atomic E-state index is 12.7. The molecule has 0 bridgehead atoms. The summed E-state index contributed by atoms with van der Waals surface area (Å²) in [6, 6.07) is 18.7. The van der Waals surface area contributed by atoms with E-state index in [1.807, 2.05) is 48.5 Å². The number of nitrogens with one attached hydrogen (secondary N) is 1. The lowest BCUT2D eigenvalue weighted by atomic mass is 10.1. The van der Waals surface area contributed by atoms with Crippen LogP contribution < -0.4 is 11.0 Å². The minimum Gasteiger partial charge on any atom is -0.350 e. The molecule has 0 saturated carbocycles.